The predicted octanol–water partition coefficient (Wildman–Crippen LogP) is 2.04. The predicted molar refractivity (Wildman–Crippen MR) is 59.9 cm³/mol. The molecule has 0 radical (unpaired) electrons. The molecule has 1 rings (SSSR count). The summed E-state index contributed by atoms with van der Waals surface area (Å²) in [5, 5.41) is 18.5. The molecule has 4 N–H and O–H groups in total. The number of carboxylic acid groups (broad SMARTS) is 1. The minimum absolute atomic E-state index is 0.175. The van der Waals surface area contributed by atoms with Crippen molar-refractivity contribution in [2.75, 3.05) is 0 Å². The number of carbonyl (C=O) groups is 1. The second-order valence-electron chi connectivity index (χ2n) is 2.92. The van der Waals surface area contributed by atoms with E-state index in [4.69, 9.17) is 10.8 Å². The second kappa shape index (κ2) is 4.46. The summed E-state index contributed by atoms with van der Waals surface area (Å²) in [7, 11) is 0. The molecule has 0 spiro atoms. The van der Waals surface area contributed by atoms with Crippen LogP contribution in [0.4, 0.5) is 0 Å². The van der Waals surface area contributed by atoms with Gasteiger partial charge in [-0.25, -0.2) is 4.79 Å². The van der Waals surface area contributed by atoms with Crippen molar-refractivity contribution in [2.45, 2.75) is 6.04 Å². The highest BCUT2D eigenvalue weighted by molar-refractivity contribution is 9.10. The summed E-state index contributed by atoms with van der Waals surface area (Å²) < 4.78 is 0.553. The molecule has 15 heavy (non-hydrogen) atoms. The van der Waals surface area contributed by atoms with Gasteiger partial charge in [0, 0.05) is 10.0 Å². The summed E-state index contributed by atoms with van der Waals surface area (Å²) in [6, 6.07) is 2.22. The van der Waals surface area contributed by atoms with Gasteiger partial charge in [0.2, 0.25) is 0 Å². The van der Waals surface area contributed by atoms with Crippen LogP contribution >= 0.6 is 15.9 Å². The molecule has 0 aliphatic rings. The third-order valence-electron chi connectivity index (χ3n) is 1.98. The van der Waals surface area contributed by atoms with Crippen molar-refractivity contribution in [3.8, 4) is 5.75 Å². The number of aromatic carboxylic acids is 1. The number of hydrogen-bond donors (Lipinski definition) is 3. The van der Waals surface area contributed by atoms with E-state index in [9.17, 15) is 9.90 Å². The highest BCUT2D eigenvalue weighted by Gasteiger charge is 2.18. The van der Waals surface area contributed by atoms with Crippen LogP contribution in [0.3, 0.4) is 0 Å². The highest BCUT2D eigenvalue weighted by atomic mass is 79.9. The average molecular weight is 272 g/mol. The Morgan fingerprint density at radius 3 is 2.67 bits per heavy atom. The number of halogens is 1. The fourth-order valence-electron chi connectivity index (χ4n) is 1.19. The molecule has 0 aliphatic heterocycles. The van der Waals surface area contributed by atoms with Crippen molar-refractivity contribution < 1.29 is 15.0 Å². The van der Waals surface area contributed by atoms with Gasteiger partial charge in [0.25, 0.3) is 0 Å². The minimum Gasteiger partial charge on any atom is -0.507 e. The van der Waals surface area contributed by atoms with Crippen LogP contribution < -0.4 is 5.73 Å². The fourth-order valence-corrected chi connectivity index (χ4v) is 1.78. The standard InChI is InChI=1S/C10H10BrNO3/c1-2-7(12)8-6(11)4-3-5(9(8)13)10(14)15/h2-4,7,13H,1,12H2,(H,14,15)/t7-/m1/s1. The third kappa shape index (κ3) is 2.19. The van der Waals surface area contributed by atoms with Gasteiger partial charge in [-0.05, 0) is 12.1 Å². The van der Waals surface area contributed by atoms with Gasteiger partial charge < -0.3 is 15.9 Å². The zero-order chi connectivity index (χ0) is 11.6. The lowest BCUT2D eigenvalue weighted by Gasteiger charge is -2.13. The van der Waals surface area contributed by atoms with Crippen molar-refractivity contribution in [1.82, 2.24) is 0 Å². The maximum Gasteiger partial charge on any atom is 0.339 e. The van der Waals surface area contributed by atoms with E-state index in [1.54, 1.807) is 0 Å². The van der Waals surface area contributed by atoms with Crippen LogP contribution in [-0.4, -0.2) is 16.2 Å². The monoisotopic (exact) mass is 271 g/mol. The molecule has 0 fully saturated rings. The summed E-state index contributed by atoms with van der Waals surface area (Å²) in [6.07, 6.45) is 1.42. The van der Waals surface area contributed by atoms with Gasteiger partial charge in [-0.1, -0.05) is 22.0 Å². The van der Waals surface area contributed by atoms with Gasteiger partial charge in [0.15, 0.2) is 0 Å². The van der Waals surface area contributed by atoms with Gasteiger partial charge >= 0.3 is 5.97 Å². The van der Waals surface area contributed by atoms with Crippen LogP contribution in [0.1, 0.15) is 22.0 Å². The molecular formula is C10H10BrNO3. The van der Waals surface area contributed by atoms with Crippen LogP contribution in [0.25, 0.3) is 0 Å². The van der Waals surface area contributed by atoms with E-state index in [0.29, 0.717) is 10.0 Å². The molecule has 1 aromatic rings. The Bertz CT molecular complexity index is 417. The first-order valence-electron chi connectivity index (χ1n) is 4.11. The normalized spacial score (nSPS) is 12.1. The molecule has 0 bridgehead atoms. The first-order chi connectivity index (χ1) is 6.99. The number of aromatic hydroxyl groups is 1. The number of hydrogen-bond acceptors (Lipinski definition) is 3. The summed E-state index contributed by atoms with van der Waals surface area (Å²) in [6.45, 7) is 3.49. The maximum atomic E-state index is 10.8. The highest BCUT2D eigenvalue weighted by Crippen LogP contribution is 2.34. The lowest BCUT2D eigenvalue weighted by atomic mass is 10.0. The summed E-state index contributed by atoms with van der Waals surface area (Å²) in [4.78, 5) is 10.8. The topological polar surface area (TPSA) is 83.6 Å². The van der Waals surface area contributed by atoms with E-state index in [0.717, 1.165) is 0 Å². The van der Waals surface area contributed by atoms with Gasteiger partial charge in [-0.15, -0.1) is 6.58 Å². The number of rotatable bonds is 3. The van der Waals surface area contributed by atoms with E-state index < -0.39 is 12.0 Å². The molecule has 0 heterocycles. The molecule has 1 atom stereocenters. The molecule has 0 aliphatic carbocycles. The molecule has 80 valence electrons. The molecule has 0 saturated carbocycles. The lowest BCUT2D eigenvalue weighted by molar-refractivity contribution is 0.0693. The summed E-state index contributed by atoms with van der Waals surface area (Å²) >= 11 is 3.19. The van der Waals surface area contributed by atoms with Gasteiger partial charge in [0.1, 0.15) is 11.3 Å². The molecule has 0 amide bonds. The Morgan fingerprint density at radius 1 is 1.60 bits per heavy atom. The summed E-state index contributed by atoms with van der Waals surface area (Å²) in [5.41, 5.74) is 5.81. The largest absolute Gasteiger partial charge is 0.507 e. The molecule has 1 aromatic carbocycles. The number of phenols is 1. The Morgan fingerprint density at radius 2 is 2.20 bits per heavy atom. The molecule has 4 nitrogen and oxygen atoms in total. The van der Waals surface area contributed by atoms with E-state index in [-0.39, 0.29) is 11.3 Å². The maximum absolute atomic E-state index is 10.8. The second-order valence-corrected chi connectivity index (χ2v) is 3.78. The van der Waals surface area contributed by atoms with Crippen LogP contribution in [-0.2, 0) is 0 Å². The third-order valence-corrected chi connectivity index (χ3v) is 2.67. The molecule has 0 unspecified atom stereocenters. The Balaban J connectivity index is 3.42. The lowest BCUT2D eigenvalue weighted by Crippen LogP contribution is -2.10. The van der Waals surface area contributed by atoms with E-state index >= 15 is 0 Å². The fraction of sp³-hybridized carbons (Fsp3) is 0.100. The van der Waals surface area contributed by atoms with E-state index in [2.05, 4.69) is 22.5 Å². The van der Waals surface area contributed by atoms with Crippen molar-refractivity contribution in [2.24, 2.45) is 5.73 Å². The molecular weight excluding hydrogens is 262 g/mol. The SMILES string of the molecule is C=C[C@@H](N)c1c(Br)ccc(C(=O)O)c1O. The van der Waals surface area contributed by atoms with Gasteiger partial charge in [-0.3, -0.25) is 0 Å². The Labute approximate surface area is 95.2 Å². The van der Waals surface area contributed by atoms with Crippen LogP contribution in [0, 0.1) is 0 Å². The quantitative estimate of drug-likeness (QED) is 0.735. The van der Waals surface area contributed by atoms with E-state index in [1.165, 1.54) is 18.2 Å². The van der Waals surface area contributed by atoms with E-state index in [1.807, 2.05) is 0 Å². The van der Waals surface area contributed by atoms with Crippen LogP contribution in [0.2, 0.25) is 0 Å². The number of carboxylic acids is 1. The van der Waals surface area contributed by atoms with Gasteiger partial charge in [0.05, 0.1) is 6.04 Å². The minimum atomic E-state index is -1.20. The molecule has 0 saturated heterocycles. The van der Waals surface area contributed by atoms with Crippen molar-refractivity contribution in [3.63, 3.8) is 0 Å². The van der Waals surface area contributed by atoms with Crippen LogP contribution in [0.15, 0.2) is 29.3 Å². The Kier molecular flexibility index (Phi) is 3.49. The summed E-state index contributed by atoms with van der Waals surface area (Å²) in [5.74, 6) is -1.53. The molecule has 0 aromatic heterocycles. The van der Waals surface area contributed by atoms with Crippen molar-refractivity contribution >= 4 is 21.9 Å². The number of nitrogens with two attached hydrogens (primary N) is 1. The van der Waals surface area contributed by atoms with Crippen LogP contribution in [0.5, 0.6) is 5.75 Å². The zero-order valence-electron chi connectivity index (χ0n) is 7.77. The zero-order valence-corrected chi connectivity index (χ0v) is 9.36. The van der Waals surface area contributed by atoms with Gasteiger partial charge in [-0.2, -0.15) is 0 Å². The average Bonchev–Trinajstić information content (AvgIpc) is 2.16. The Hall–Kier alpha value is -1.33. The van der Waals surface area contributed by atoms with Crippen molar-refractivity contribution in [3.05, 3.63) is 40.4 Å². The smallest absolute Gasteiger partial charge is 0.339 e. The number of benzene rings is 1. The first-order valence-corrected chi connectivity index (χ1v) is 4.91. The molecule has 5 heteroatoms. The first kappa shape index (κ1) is 11.7. The van der Waals surface area contributed by atoms with Crippen molar-refractivity contribution in [1.29, 1.82) is 0 Å².